The fraction of sp³-hybridized carbons (Fsp3) is 0.524. The van der Waals surface area contributed by atoms with Gasteiger partial charge in [0.2, 0.25) is 0 Å². The van der Waals surface area contributed by atoms with Crippen LogP contribution in [0.2, 0.25) is 0 Å². The number of nitrogens with one attached hydrogen (secondary N) is 1. The second-order valence-electron chi connectivity index (χ2n) is 7.59. The van der Waals surface area contributed by atoms with Gasteiger partial charge in [-0.3, -0.25) is 4.52 Å². The molecule has 9 nitrogen and oxygen atoms in total. The number of nitrogens with zero attached hydrogens (tertiary/aromatic N) is 1. The second-order valence-corrected chi connectivity index (χ2v) is 8.83. The van der Waals surface area contributed by atoms with Crippen LogP contribution >= 0.6 is 7.82 Å². The number of halogens is 3. The predicted octanol–water partition coefficient (Wildman–Crippen LogP) is 4.72. The number of H-pyrrole nitrogens is 1. The molecule has 2 rings (SSSR count). The Morgan fingerprint density at radius 2 is 1.71 bits per heavy atom. The van der Waals surface area contributed by atoms with E-state index in [4.69, 9.17) is 25.4 Å². The number of aryl methyl sites for hydroxylation is 1. The molecule has 0 unspecified atom stereocenters. The molecule has 0 bridgehead atoms. The Kier molecular flexibility index (Phi) is 12.5. The summed E-state index contributed by atoms with van der Waals surface area (Å²) >= 11 is 0. The van der Waals surface area contributed by atoms with Gasteiger partial charge in [-0.15, -0.1) is 0 Å². The van der Waals surface area contributed by atoms with Crippen LogP contribution in [0.4, 0.5) is 13.2 Å². The van der Waals surface area contributed by atoms with Crippen LogP contribution in [0.3, 0.4) is 0 Å². The summed E-state index contributed by atoms with van der Waals surface area (Å²) in [4.78, 5) is 33.7. The van der Waals surface area contributed by atoms with E-state index in [1.54, 1.807) is 6.20 Å². The number of carboxylic acids is 1. The van der Waals surface area contributed by atoms with Crippen LogP contribution in [0.5, 0.6) is 0 Å². The summed E-state index contributed by atoms with van der Waals surface area (Å²) in [6.07, 6.45) is 5.41. The number of phosphoric acid groups is 1. The molecule has 6 N–H and O–H groups in total. The molecule has 13 heteroatoms. The standard InChI is InChI=1S/C19H30N3O4P.C2HF3O2/c1-2-3-4-5-6-7-8-15-9-11-16(12-10-15)18-13-21-19(22-18)17(20)14-26-27(23,24)25;3-2(4,5)1(6)7/h9-13,17H,2-8,14,20H2,1H3,(H,21,22)(H2,23,24,25);(H,6,7)/t17-;/m1./s1. The highest BCUT2D eigenvalue weighted by molar-refractivity contribution is 7.46. The molecule has 34 heavy (non-hydrogen) atoms. The number of benzene rings is 1. The van der Waals surface area contributed by atoms with Gasteiger partial charge in [-0.2, -0.15) is 13.2 Å². The van der Waals surface area contributed by atoms with E-state index in [1.165, 1.54) is 44.1 Å². The first kappa shape index (κ1) is 29.8. The fourth-order valence-corrected chi connectivity index (χ4v) is 3.24. The Hall–Kier alpha value is -2.24. The number of hydrogen-bond donors (Lipinski definition) is 5. The minimum atomic E-state index is -5.08. The molecule has 0 spiro atoms. The van der Waals surface area contributed by atoms with Gasteiger partial charge in [0.05, 0.1) is 24.5 Å². The largest absolute Gasteiger partial charge is 0.490 e. The molecule has 1 aromatic carbocycles. The minimum Gasteiger partial charge on any atom is -0.475 e. The zero-order valence-electron chi connectivity index (χ0n) is 18.8. The number of aromatic amines is 1. The molecule has 2 aromatic rings. The maximum absolute atomic E-state index is 10.8. The lowest BCUT2D eigenvalue weighted by atomic mass is 10.0. The molecule has 0 fully saturated rings. The van der Waals surface area contributed by atoms with Crippen LogP contribution in [0.25, 0.3) is 11.3 Å². The SMILES string of the molecule is CCCCCCCCc1ccc(-c2cnc([C@H](N)COP(=O)(O)O)[nH]2)cc1.O=C(O)C(F)(F)F. The average molecular weight is 509 g/mol. The smallest absolute Gasteiger partial charge is 0.475 e. The number of imidazole rings is 1. The third-order valence-corrected chi connectivity index (χ3v) is 5.18. The molecule has 1 aromatic heterocycles. The van der Waals surface area contributed by atoms with Crippen molar-refractivity contribution in [2.45, 2.75) is 64.1 Å². The van der Waals surface area contributed by atoms with Gasteiger partial charge in [0.15, 0.2) is 0 Å². The third-order valence-electron chi connectivity index (χ3n) is 4.70. The number of hydrogen-bond acceptors (Lipinski definition) is 5. The zero-order chi connectivity index (χ0) is 25.8. The molecular weight excluding hydrogens is 478 g/mol. The Bertz CT molecular complexity index is 915. The van der Waals surface area contributed by atoms with Gasteiger partial charge >= 0.3 is 20.0 Å². The van der Waals surface area contributed by atoms with E-state index >= 15 is 0 Å². The molecular formula is C21H31F3N3O6P. The van der Waals surface area contributed by atoms with Crippen LogP contribution in [0.15, 0.2) is 30.5 Å². The monoisotopic (exact) mass is 509 g/mol. The van der Waals surface area contributed by atoms with Gasteiger partial charge in [0, 0.05) is 0 Å². The van der Waals surface area contributed by atoms with Crippen LogP contribution in [-0.4, -0.2) is 43.6 Å². The normalized spacial score (nSPS) is 12.7. The molecule has 0 aliphatic heterocycles. The first-order valence-electron chi connectivity index (χ1n) is 10.7. The third kappa shape index (κ3) is 12.3. The van der Waals surface area contributed by atoms with Crippen LogP contribution in [0, 0.1) is 0 Å². The highest BCUT2D eigenvalue weighted by Gasteiger charge is 2.38. The van der Waals surface area contributed by atoms with E-state index in [-0.39, 0.29) is 6.61 Å². The first-order chi connectivity index (χ1) is 15.8. The van der Waals surface area contributed by atoms with E-state index in [0.29, 0.717) is 5.82 Å². The van der Waals surface area contributed by atoms with Gasteiger partial charge in [0.25, 0.3) is 0 Å². The van der Waals surface area contributed by atoms with Gasteiger partial charge in [0.1, 0.15) is 5.82 Å². The van der Waals surface area contributed by atoms with E-state index < -0.39 is 26.0 Å². The highest BCUT2D eigenvalue weighted by atomic mass is 31.2. The number of aromatic nitrogens is 2. The molecule has 0 amide bonds. The van der Waals surface area contributed by atoms with E-state index in [1.807, 2.05) is 12.1 Å². The quantitative estimate of drug-likeness (QED) is 0.203. The lowest BCUT2D eigenvalue weighted by Gasteiger charge is -2.10. The summed E-state index contributed by atoms with van der Waals surface area (Å²) in [6, 6.07) is 7.60. The first-order valence-corrected chi connectivity index (χ1v) is 12.3. The summed E-state index contributed by atoms with van der Waals surface area (Å²) in [5.74, 6) is -2.33. The van der Waals surface area contributed by atoms with Gasteiger partial charge in [-0.05, 0) is 24.0 Å². The summed E-state index contributed by atoms with van der Waals surface area (Å²) in [6.45, 7) is 1.92. The maximum atomic E-state index is 10.8. The van der Waals surface area contributed by atoms with Crippen LogP contribution in [0.1, 0.15) is 62.9 Å². The van der Waals surface area contributed by atoms with Crippen molar-refractivity contribution in [2.24, 2.45) is 5.73 Å². The number of carboxylic acid groups (broad SMARTS) is 1. The minimum absolute atomic E-state index is 0.311. The molecule has 0 saturated heterocycles. The second kappa shape index (κ2) is 14.2. The van der Waals surface area contributed by atoms with Gasteiger partial charge < -0.3 is 25.6 Å². The molecule has 1 heterocycles. The summed E-state index contributed by atoms with van der Waals surface area (Å²) < 4.78 is 46.9. The number of alkyl halides is 3. The lowest BCUT2D eigenvalue weighted by Crippen LogP contribution is -2.21. The Morgan fingerprint density at radius 1 is 1.15 bits per heavy atom. The van der Waals surface area contributed by atoms with Crippen LogP contribution in [-0.2, 0) is 20.3 Å². The molecule has 1 atom stereocenters. The number of carbonyl (C=O) groups is 1. The number of rotatable bonds is 12. The Balaban J connectivity index is 0.000000718. The van der Waals surface area contributed by atoms with Crippen LogP contribution < -0.4 is 5.73 Å². The van der Waals surface area contributed by atoms with Gasteiger partial charge in [-0.25, -0.2) is 14.3 Å². The van der Waals surface area contributed by atoms with Crippen molar-refractivity contribution in [3.8, 4) is 11.3 Å². The van der Waals surface area contributed by atoms with Crippen molar-refractivity contribution in [3.63, 3.8) is 0 Å². The molecule has 192 valence electrons. The molecule has 0 radical (unpaired) electrons. The number of phosphoric ester groups is 1. The number of aliphatic carboxylic acids is 1. The van der Waals surface area contributed by atoms with Crippen molar-refractivity contribution >= 4 is 13.8 Å². The zero-order valence-corrected chi connectivity index (χ0v) is 19.7. The summed E-state index contributed by atoms with van der Waals surface area (Å²) in [5, 5.41) is 7.12. The summed E-state index contributed by atoms with van der Waals surface area (Å²) in [5.41, 5.74) is 8.97. The number of nitrogens with two attached hydrogens (primary N) is 1. The molecule has 0 aliphatic rings. The predicted molar refractivity (Wildman–Crippen MR) is 120 cm³/mol. The van der Waals surface area contributed by atoms with Crippen molar-refractivity contribution in [2.75, 3.05) is 6.61 Å². The van der Waals surface area contributed by atoms with Crippen molar-refractivity contribution < 1.29 is 41.9 Å². The van der Waals surface area contributed by atoms with E-state index in [9.17, 15) is 17.7 Å². The molecule has 0 saturated carbocycles. The molecule has 0 aliphatic carbocycles. The van der Waals surface area contributed by atoms with Crippen molar-refractivity contribution in [1.82, 2.24) is 9.97 Å². The number of unbranched alkanes of at least 4 members (excludes halogenated alkanes) is 5. The lowest BCUT2D eigenvalue weighted by molar-refractivity contribution is -0.192. The topological polar surface area (TPSA) is 159 Å². The maximum Gasteiger partial charge on any atom is 0.490 e. The van der Waals surface area contributed by atoms with Crippen molar-refractivity contribution in [1.29, 1.82) is 0 Å². The van der Waals surface area contributed by atoms with E-state index in [2.05, 4.69) is 33.5 Å². The fourth-order valence-electron chi connectivity index (χ4n) is 2.89. The highest BCUT2D eigenvalue weighted by Crippen LogP contribution is 2.36. The Morgan fingerprint density at radius 3 is 2.24 bits per heavy atom. The van der Waals surface area contributed by atoms with Crippen molar-refractivity contribution in [3.05, 3.63) is 41.9 Å². The summed E-state index contributed by atoms with van der Waals surface area (Å²) in [7, 11) is -4.54. The average Bonchev–Trinajstić information content (AvgIpc) is 3.24. The van der Waals surface area contributed by atoms with Gasteiger partial charge in [-0.1, -0.05) is 63.3 Å². The van der Waals surface area contributed by atoms with E-state index in [0.717, 1.165) is 17.7 Å². The Labute approximate surface area is 195 Å².